The van der Waals surface area contributed by atoms with Gasteiger partial charge in [0, 0.05) is 12.6 Å². The van der Waals surface area contributed by atoms with Crippen molar-refractivity contribution in [1.82, 2.24) is 4.98 Å². The Bertz CT molecular complexity index is 312. The SMILES string of the molecule is Cc1cncc(NC(=O)CCCN)c1. The lowest BCUT2D eigenvalue weighted by Gasteiger charge is -2.04. The van der Waals surface area contributed by atoms with Gasteiger partial charge in [-0.2, -0.15) is 0 Å². The van der Waals surface area contributed by atoms with Crippen LogP contribution in [-0.2, 0) is 4.79 Å². The number of hydrogen-bond acceptors (Lipinski definition) is 3. The van der Waals surface area contributed by atoms with E-state index in [0.717, 1.165) is 11.3 Å². The zero-order chi connectivity index (χ0) is 10.4. The molecular weight excluding hydrogens is 178 g/mol. The van der Waals surface area contributed by atoms with Gasteiger partial charge in [0.2, 0.25) is 5.91 Å². The molecule has 0 radical (unpaired) electrons. The summed E-state index contributed by atoms with van der Waals surface area (Å²) >= 11 is 0. The number of carbonyl (C=O) groups is 1. The van der Waals surface area contributed by atoms with Crippen molar-refractivity contribution in [2.24, 2.45) is 5.73 Å². The summed E-state index contributed by atoms with van der Waals surface area (Å²) in [5.74, 6) is -0.0112. The van der Waals surface area contributed by atoms with E-state index in [1.165, 1.54) is 0 Å². The van der Waals surface area contributed by atoms with Crippen molar-refractivity contribution in [2.45, 2.75) is 19.8 Å². The lowest BCUT2D eigenvalue weighted by atomic mass is 10.2. The van der Waals surface area contributed by atoms with Crippen molar-refractivity contribution in [3.8, 4) is 0 Å². The fraction of sp³-hybridized carbons (Fsp3) is 0.400. The summed E-state index contributed by atoms with van der Waals surface area (Å²) in [7, 11) is 0. The van der Waals surface area contributed by atoms with Crippen molar-refractivity contribution in [3.05, 3.63) is 24.0 Å². The quantitative estimate of drug-likeness (QED) is 0.751. The number of rotatable bonds is 4. The van der Waals surface area contributed by atoms with Gasteiger partial charge < -0.3 is 11.1 Å². The van der Waals surface area contributed by atoms with Crippen LogP contribution in [0.5, 0.6) is 0 Å². The van der Waals surface area contributed by atoms with Crippen LogP contribution >= 0.6 is 0 Å². The Morgan fingerprint density at radius 2 is 2.36 bits per heavy atom. The van der Waals surface area contributed by atoms with E-state index in [1.807, 2.05) is 13.0 Å². The Kier molecular flexibility index (Phi) is 4.07. The molecule has 0 bridgehead atoms. The lowest BCUT2D eigenvalue weighted by molar-refractivity contribution is -0.116. The molecule has 14 heavy (non-hydrogen) atoms. The molecule has 0 saturated heterocycles. The largest absolute Gasteiger partial charge is 0.330 e. The molecule has 0 unspecified atom stereocenters. The normalized spacial score (nSPS) is 9.86. The number of carbonyl (C=O) groups excluding carboxylic acids is 1. The molecule has 3 N–H and O–H groups in total. The van der Waals surface area contributed by atoms with E-state index >= 15 is 0 Å². The highest BCUT2D eigenvalue weighted by Crippen LogP contribution is 2.07. The molecule has 0 aliphatic rings. The van der Waals surface area contributed by atoms with Crippen LogP contribution in [0.25, 0.3) is 0 Å². The second-order valence-electron chi connectivity index (χ2n) is 3.19. The third kappa shape index (κ3) is 3.53. The number of aromatic nitrogens is 1. The van der Waals surface area contributed by atoms with Gasteiger partial charge in [-0.25, -0.2) is 0 Å². The minimum absolute atomic E-state index is 0.0112. The van der Waals surface area contributed by atoms with Gasteiger partial charge in [0.05, 0.1) is 11.9 Å². The Hall–Kier alpha value is -1.42. The molecule has 0 atom stereocenters. The Morgan fingerprint density at radius 3 is 3.00 bits per heavy atom. The minimum atomic E-state index is -0.0112. The predicted molar refractivity (Wildman–Crippen MR) is 55.9 cm³/mol. The van der Waals surface area contributed by atoms with E-state index in [0.29, 0.717) is 19.4 Å². The molecule has 1 aromatic heterocycles. The third-order valence-corrected chi connectivity index (χ3v) is 1.77. The topological polar surface area (TPSA) is 68.0 Å². The number of nitrogens with zero attached hydrogens (tertiary/aromatic N) is 1. The highest BCUT2D eigenvalue weighted by atomic mass is 16.1. The fourth-order valence-corrected chi connectivity index (χ4v) is 1.11. The molecule has 0 aliphatic heterocycles. The standard InChI is InChI=1S/C10H15N3O/c1-8-5-9(7-12-6-8)13-10(14)3-2-4-11/h5-7H,2-4,11H2,1H3,(H,13,14). The lowest BCUT2D eigenvalue weighted by Crippen LogP contribution is -2.13. The predicted octanol–water partition coefficient (Wildman–Crippen LogP) is 1.07. The maximum Gasteiger partial charge on any atom is 0.224 e. The Labute approximate surface area is 83.5 Å². The smallest absolute Gasteiger partial charge is 0.224 e. The Balaban J connectivity index is 2.47. The molecule has 1 heterocycles. The van der Waals surface area contributed by atoms with Crippen LogP contribution in [-0.4, -0.2) is 17.4 Å². The first-order chi connectivity index (χ1) is 6.72. The number of pyridine rings is 1. The van der Waals surface area contributed by atoms with Gasteiger partial charge in [-0.3, -0.25) is 9.78 Å². The highest BCUT2D eigenvalue weighted by molar-refractivity contribution is 5.90. The first-order valence-electron chi connectivity index (χ1n) is 4.64. The van der Waals surface area contributed by atoms with Crippen LogP contribution < -0.4 is 11.1 Å². The van der Waals surface area contributed by atoms with E-state index in [-0.39, 0.29) is 5.91 Å². The summed E-state index contributed by atoms with van der Waals surface area (Å²) in [6, 6.07) is 1.88. The van der Waals surface area contributed by atoms with Gasteiger partial charge in [0.25, 0.3) is 0 Å². The van der Waals surface area contributed by atoms with Crippen molar-refractivity contribution in [2.75, 3.05) is 11.9 Å². The molecule has 0 fully saturated rings. The van der Waals surface area contributed by atoms with Crippen molar-refractivity contribution in [3.63, 3.8) is 0 Å². The molecule has 1 aromatic rings. The highest BCUT2D eigenvalue weighted by Gasteiger charge is 2.01. The van der Waals surface area contributed by atoms with Crippen LogP contribution in [0.1, 0.15) is 18.4 Å². The second-order valence-corrected chi connectivity index (χ2v) is 3.19. The molecule has 4 nitrogen and oxygen atoms in total. The van der Waals surface area contributed by atoms with Crippen molar-refractivity contribution in [1.29, 1.82) is 0 Å². The van der Waals surface area contributed by atoms with Gasteiger partial charge in [-0.1, -0.05) is 0 Å². The molecule has 1 amide bonds. The van der Waals surface area contributed by atoms with E-state index in [2.05, 4.69) is 10.3 Å². The van der Waals surface area contributed by atoms with Crippen LogP contribution in [0, 0.1) is 6.92 Å². The third-order valence-electron chi connectivity index (χ3n) is 1.77. The maximum absolute atomic E-state index is 11.3. The molecule has 0 spiro atoms. The summed E-state index contributed by atoms with van der Waals surface area (Å²) < 4.78 is 0. The van der Waals surface area contributed by atoms with Crippen LogP contribution in [0.3, 0.4) is 0 Å². The van der Waals surface area contributed by atoms with Gasteiger partial charge >= 0.3 is 0 Å². The molecule has 0 aromatic carbocycles. The zero-order valence-electron chi connectivity index (χ0n) is 8.29. The average Bonchev–Trinajstić information content (AvgIpc) is 2.15. The number of hydrogen-bond donors (Lipinski definition) is 2. The molecular formula is C10H15N3O. The van der Waals surface area contributed by atoms with E-state index in [4.69, 9.17) is 5.73 Å². The van der Waals surface area contributed by atoms with E-state index < -0.39 is 0 Å². The molecule has 1 rings (SSSR count). The van der Waals surface area contributed by atoms with Crippen LogP contribution in [0.15, 0.2) is 18.5 Å². The first kappa shape index (κ1) is 10.7. The minimum Gasteiger partial charge on any atom is -0.330 e. The number of nitrogens with one attached hydrogen (secondary N) is 1. The van der Waals surface area contributed by atoms with Gasteiger partial charge in [-0.05, 0) is 31.5 Å². The average molecular weight is 193 g/mol. The van der Waals surface area contributed by atoms with E-state index in [1.54, 1.807) is 12.4 Å². The maximum atomic E-state index is 11.3. The number of amides is 1. The number of nitrogens with two attached hydrogens (primary N) is 1. The molecule has 76 valence electrons. The molecule has 0 saturated carbocycles. The van der Waals surface area contributed by atoms with Crippen LogP contribution in [0.4, 0.5) is 5.69 Å². The van der Waals surface area contributed by atoms with E-state index in [9.17, 15) is 4.79 Å². The summed E-state index contributed by atoms with van der Waals surface area (Å²) in [6.45, 7) is 2.47. The van der Waals surface area contributed by atoms with Crippen LogP contribution in [0.2, 0.25) is 0 Å². The summed E-state index contributed by atoms with van der Waals surface area (Å²) in [5.41, 5.74) is 7.07. The van der Waals surface area contributed by atoms with Gasteiger partial charge in [-0.15, -0.1) is 0 Å². The first-order valence-corrected chi connectivity index (χ1v) is 4.64. The molecule has 4 heteroatoms. The fourth-order valence-electron chi connectivity index (χ4n) is 1.11. The zero-order valence-corrected chi connectivity index (χ0v) is 8.29. The summed E-state index contributed by atoms with van der Waals surface area (Å²) in [4.78, 5) is 15.3. The molecule has 0 aliphatic carbocycles. The van der Waals surface area contributed by atoms with Gasteiger partial charge in [0.15, 0.2) is 0 Å². The summed E-state index contributed by atoms with van der Waals surface area (Å²) in [6.07, 6.45) is 4.55. The summed E-state index contributed by atoms with van der Waals surface area (Å²) in [5, 5.41) is 2.76. The Morgan fingerprint density at radius 1 is 1.57 bits per heavy atom. The second kappa shape index (κ2) is 5.34. The number of aryl methyl sites for hydroxylation is 1. The van der Waals surface area contributed by atoms with Gasteiger partial charge in [0.1, 0.15) is 0 Å². The van der Waals surface area contributed by atoms with Crippen molar-refractivity contribution >= 4 is 11.6 Å². The van der Waals surface area contributed by atoms with Crippen molar-refractivity contribution < 1.29 is 4.79 Å². The number of anilines is 1. The monoisotopic (exact) mass is 193 g/mol.